The van der Waals surface area contributed by atoms with Gasteiger partial charge in [-0.25, -0.2) is 0 Å². The van der Waals surface area contributed by atoms with Crippen molar-refractivity contribution in [3.63, 3.8) is 0 Å². The van der Waals surface area contributed by atoms with E-state index in [2.05, 4.69) is 5.32 Å². The van der Waals surface area contributed by atoms with E-state index in [4.69, 9.17) is 0 Å². The van der Waals surface area contributed by atoms with Crippen LogP contribution >= 0.6 is 0 Å². The Balaban J connectivity index is 2.22. The molecule has 2 nitrogen and oxygen atoms in total. The summed E-state index contributed by atoms with van der Waals surface area (Å²) in [5.41, 5.74) is 0. The number of hydrogen-bond donors (Lipinski definition) is 1. The summed E-state index contributed by atoms with van der Waals surface area (Å²) in [6.45, 7) is 1.90. The van der Waals surface area contributed by atoms with Gasteiger partial charge in [0.1, 0.15) is 0 Å². The zero-order valence-corrected chi connectivity index (χ0v) is 4.81. The van der Waals surface area contributed by atoms with Gasteiger partial charge in [0.2, 0.25) is 6.29 Å². The lowest BCUT2D eigenvalue weighted by atomic mass is 10.0. The SMILES string of the molecule is O=[C][C@@H]1CCCNC1. The molecule has 0 aliphatic carbocycles. The predicted octanol–water partition coefficient (Wildman–Crippen LogP) is 0.0957. The topological polar surface area (TPSA) is 29.1 Å². The lowest BCUT2D eigenvalue weighted by Crippen LogP contribution is -2.30. The highest BCUT2D eigenvalue weighted by Crippen LogP contribution is 2.05. The summed E-state index contributed by atoms with van der Waals surface area (Å²) in [4.78, 5) is 9.99. The van der Waals surface area contributed by atoms with Crippen LogP contribution in [0.25, 0.3) is 0 Å². The van der Waals surface area contributed by atoms with Crippen LogP contribution in [0, 0.1) is 5.92 Å². The van der Waals surface area contributed by atoms with Gasteiger partial charge < -0.3 is 5.32 Å². The normalized spacial score (nSPS) is 29.8. The molecular formula is C6H10NO. The first-order valence-corrected chi connectivity index (χ1v) is 3.02. The minimum atomic E-state index is 0.170. The third-order valence-corrected chi connectivity index (χ3v) is 1.46. The first kappa shape index (κ1) is 5.76. The number of carbonyl (C=O) groups excluding carboxylic acids is 1. The van der Waals surface area contributed by atoms with Crippen LogP contribution in [-0.4, -0.2) is 19.4 Å². The Morgan fingerprint density at radius 3 is 2.88 bits per heavy atom. The molecule has 1 atom stereocenters. The molecule has 0 spiro atoms. The minimum absolute atomic E-state index is 0.170. The zero-order chi connectivity index (χ0) is 5.82. The molecule has 1 aliphatic heterocycles. The van der Waals surface area contributed by atoms with E-state index in [1.54, 1.807) is 0 Å². The first-order valence-electron chi connectivity index (χ1n) is 3.02. The quantitative estimate of drug-likeness (QED) is 0.521. The Morgan fingerprint density at radius 2 is 2.50 bits per heavy atom. The van der Waals surface area contributed by atoms with Gasteiger partial charge in [0.25, 0.3) is 0 Å². The zero-order valence-electron chi connectivity index (χ0n) is 4.81. The summed E-state index contributed by atoms with van der Waals surface area (Å²) in [5.74, 6) is 0.170. The van der Waals surface area contributed by atoms with Crippen LogP contribution < -0.4 is 5.32 Å². The molecule has 0 amide bonds. The maximum Gasteiger partial charge on any atom is 0.203 e. The van der Waals surface area contributed by atoms with Gasteiger partial charge in [-0.05, 0) is 19.4 Å². The molecule has 0 aromatic rings. The monoisotopic (exact) mass is 112 g/mol. The van der Waals surface area contributed by atoms with E-state index < -0.39 is 0 Å². The number of nitrogens with one attached hydrogen (secondary N) is 1. The smallest absolute Gasteiger partial charge is 0.203 e. The van der Waals surface area contributed by atoms with Gasteiger partial charge in [-0.2, -0.15) is 0 Å². The third kappa shape index (κ3) is 1.30. The van der Waals surface area contributed by atoms with Crippen molar-refractivity contribution in [1.29, 1.82) is 0 Å². The molecule has 1 rings (SSSR count). The number of rotatable bonds is 1. The summed E-state index contributed by atoms with van der Waals surface area (Å²) < 4.78 is 0. The molecule has 8 heavy (non-hydrogen) atoms. The molecule has 1 heterocycles. The number of hydrogen-bond acceptors (Lipinski definition) is 2. The van der Waals surface area contributed by atoms with E-state index in [1.165, 1.54) is 0 Å². The van der Waals surface area contributed by atoms with Crippen molar-refractivity contribution >= 4 is 6.29 Å². The molecule has 0 aromatic heterocycles. The van der Waals surface area contributed by atoms with Crippen LogP contribution in [0.15, 0.2) is 0 Å². The molecule has 45 valence electrons. The van der Waals surface area contributed by atoms with Crippen LogP contribution in [0.3, 0.4) is 0 Å². The van der Waals surface area contributed by atoms with Gasteiger partial charge in [-0.1, -0.05) is 0 Å². The lowest BCUT2D eigenvalue weighted by Gasteiger charge is -2.15. The molecule has 0 aromatic carbocycles. The highest BCUT2D eigenvalue weighted by Gasteiger charge is 2.10. The molecule has 1 N–H and O–H groups in total. The third-order valence-electron chi connectivity index (χ3n) is 1.46. The average molecular weight is 112 g/mol. The van der Waals surface area contributed by atoms with E-state index >= 15 is 0 Å². The minimum Gasteiger partial charge on any atom is -0.316 e. The Bertz CT molecular complexity index is 76.6. The second-order valence-corrected chi connectivity index (χ2v) is 2.16. The fourth-order valence-corrected chi connectivity index (χ4v) is 0.952. The van der Waals surface area contributed by atoms with Gasteiger partial charge >= 0.3 is 0 Å². The Kier molecular flexibility index (Phi) is 2.03. The molecule has 0 saturated carbocycles. The van der Waals surface area contributed by atoms with Crippen molar-refractivity contribution in [2.24, 2.45) is 5.92 Å². The van der Waals surface area contributed by atoms with Gasteiger partial charge in [0, 0.05) is 12.5 Å². The Morgan fingerprint density at radius 1 is 1.62 bits per heavy atom. The second kappa shape index (κ2) is 2.82. The molecule has 1 saturated heterocycles. The van der Waals surface area contributed by atoms with Gasteiger partial charge in [0.05, 0.1) is 0 Å². The van der Waals surface area contributed by atoms with E-state index in [0.717, 1.165) is 25.9 Å². The molecule has 1 radical (unpaired) electrons. The van der Waals surface area contributed by atoms with Gasteiger partial charge in [-0.15, -0.1) is 0 Å². The summed E-state index contributed by atoms with van der Waals surface area (Å²) in [7, 11) is 0. The molecule has 1 aliphatic rings. The average Bonchev–Trinajstić information content (AvgIpc) is 1.90. The van der Waals surface area contributed by atoms with Crippen LogP contribution in [0.5, 0.6) is 0 Å². The summed E-state index contributed by atoms with van der Waals surface area (Å²) >= 11 is 0. The van der Waals surface area contributed by atoms with Crippen LogP contribution in [0.1, 0.15) is 12.8 Å². The highest BCUT2D eigenvalue weighted by molar-refractivity contribution is 5.54. The fourth-order valence-electron chi connectivity index (χ4n) is 0.952. The molecule has 2 heteroatoms. The maximum atomic E-state index is 9.99. The van der Waals surface area contributed by atoms with Gasteiger partial charge in [-0.3, -0.25) is 4.79 Å². The van der Waals surface area contributed by atoms with Crippen molar-refractivity contribution in [3.05, 3.63) is 0 Å². The molecule has 0 unspecified atom stereocenters. The maximum absolute atomic E-state index is 9.99. The second-order valence-electron chi connectivity index (χ2n) is 2.16. The van der Waals surface area contributed by atoms with Crippen LogP contribution in [-0.2, 0) is 4.79 Å². The summed E-state index contributed by atoms with van der Waals surface area (Å²) in [5, 5.41) is 3.12. The van der Waals surface area contributed by atoms with Crippen molar-refractivity contribution in [1.82, 2.24) is 5.32 Å². The van der Waals surface area contributed by atoms with E-state index in [-0.39, 0.29) is 5.92 Å². The largest absolute Gasteiger partial charge is 0.316 e. The van der Waals surface area contributed by atoms with Crippen molar-refractivity contribution in [2.45, 2.75) is 12.8 Å². The molecule has 1 fully saturated rings. The first-order chi connectivity index (χ1) is 3.93. The van der Waals surface area contributed by atoms with E-state index in [0.29, 0.717) is 0 Å². The Labute approximate surface area is 49.3 Å². The molecular weight excluding hydrogens is 102 g/mol. The van der Waals surface area contributed by atoms with Crippen molar-refractivity contribution in [3.8, 4) is 0 Å². The highest BCUT2D eigenvalue weighted by atomic mass is 16.1. The lowest BCUT2D eigenvalue weighted by molar-refractivity contribution is 0.430. The standard InChI is InChI=1S/C6H10NO/c8-5-6-2-1-3-7-4-6/h6-7H,1-4H2/t6-/m1/s1. The fraction of sp³-hybridized carbons (Fsp3) is 0.833. The van der Waals surface area contributed by atoms with E-state index in [9.17, 15) is 4.79 Å². The Hall–Kier alpha value is -0.370. The summed E-state index contributed by atoms with van der Waals surface area (Å²) in [6, 6.07) is 0. The van der Waals surface area contributed by atoms with Crippen LogP contribution in [0.4, 0.5) is 0 Å². The summed E-state index contributed by atoms with van der Waals surface area (Å²) in [6.07, 6.45) is 4.14. The van der Waals surface area contributed by atoms with Gasteiger partial charge in [0.15, 0.2) is 0 Å². The predicted molar refractivity (Wildman–Crippen MR) is 31.3 cm³/mol. The molecule has 0 bridgehead atoms. The van der Waals surface area contributed by atoms with Crippen molar-refractivity contribution < 1.29 is 4.79 Å². The van der Waals surface area contributed by atoms with Crippen LogP contribution in [0.2, 0.25) is 0 Å². The van der Waals surface area contributed by atoms with Crippen molar-refractivity contribution in [2.75, 3.05) is 13.1 Å². The number of piperidine rings is 1. The van der Waals surface area contributed by atoms with E-state index in [1.807, 2.05) is 6.29 Å².